The van der Waals surface area contributed by atoms with Gasteiger partial charge in [0.1, 0.15) is 11.5 Å². The van der Waals surface area contributed by atoms with Crippen molar-refractivity contribution in [3.8, 4) is 0 Å². The van der Waals surface area contributed by atoms with Gasteiger partial charge in [-0.15, -0.1) is 10.2 Å². The first-order valence-electron chi connectivity index (χ1n) is 8.49. The van der Waals surface area contributed by atoms with Crippen molar-refractivity contribution in [2.75, 3.05) is 22.3 Å². The monoisotopic (exact) mass is 473 g/mol. The Kier molecular flexibility index (Phi) is 6.75. The van der Waals surface area contributed by atoms with Crippen molar-refractivity contribution in [1.29, 1.82) is 0 Å². The number of aromatic nitrogens is 3. The summed E-state index contributed by atoms with van der Waals surface area (Å²) in [5, 5.41) is 13.6. The van der Waals surface area contributed by atoms with Gasteiger partial charge in [-0.25, -0.2) is 10.1 Å². The number of nitrogens with one attached hydrogen (secondary N) is 2. The number of hydrazone groups is 1. The number of thioether (sulfide) groups is 1. The number of halogens is 4. The first kappa shape index (κ1) is 22.5. The number of amides is 1. The van der Waals surface area contributed by atoms with Crippen LogP contribution in [0.3, 0.4) is 0 Å². The van der Waals surface area contributed by atoms with Crippen LogP contribution >= 0.6 is 23.4 Å². The SMILES string of the molecule is Cc1ccc(/C=N/Nc2nnc(SCC(=O)Nc3ccc(Cl)c(C(F)(F)F)c3)n2N)o1. The van der Waals surface area contributed by atoms with Crippen LogP contribution in [0.5, 0.6) is 0 Å². The molecule has 164 valence electrons. The van der Waals surface area contributed by atoms with E-state index in [-0.39, 0.29) is 22.5 Å². The highest BCUT2D eigenvalue weighted by Crippen LogP contribution is 2.36. The summed E-state index contributed by atoms with van der Waals surface area (Å²) in [5.41, 5.74) is 1.51. The minimum absolute atomic E-state index is 0.0404. The fourth-order valence-corrected chi connectivity index (χ4v) is 3.16. The molecule has 1 aromatic carbocycles. The minimum Gasteiger partial charge on any atom is -0.460 e. The summed E-state index contributed by atoms with van der Waals surface area (Å²) in [5.74, 6) is 6.47. The molecule has 9 nitrogen and oxygen atoms in total. The molecule has 4 N–H and O–H groups in total. The highest BCUT2D eigenvalue weighted by atomic mass is 35.5. The van der Waals surface area contributed by atoms with Gasteiger partial charge in [0.05, 0.1) is 22.6 Å². The zero-order valence-corrected chi connectivity index (χ0v) is 17.3. The van der Waals surface area contributed by atoms with Gasteiger partial charge < -0.3 is 15.6 Å². The lowest BCUT2D eigenvalue weighted by Crippen LogP contribution is -2.17. The number of carbonyl (C=O) groups is 1. The van der Waals surface area contributed by atoms with Crippen LogP contribution in [0.15, 0.2) is 45.0 Å². The largest absolute Gasteiger partial charge is 0.460 e. The smallest absolute Gasteiger partial charge is 0.417 e. The Hall–Kier alpha value is -3.19. The molecule has 2 aromatic heterocycles. The molecule has 0 saturated heterocycles. The third kappa shape index (κ3) is 5.92. The van der Waals surface area contributed by atoms with Gasteiger partial charge in [-0.1, -0.05) is 23.4 Å². The number of nitrogens with zero attached hydrogens (tertiary/aromatic N) is 4. The summed E-state index contributed by atoms with van der Waals surface area (Å²) < 4.78 is 45.1. The lowest BCUT2D eigenvalue weighted by Gasteiger charge is -2.11. The first-order chi connectivity index (χ1) is 14.6. The number of hydrogen-bond donors (Lipinski definition) is 3. The Labute approximate surface area is 182 Å². The zero-order valence-electron chi connectivity index (χ0n) is 15.8. The number of nitrogens with two attached hydrogens (primary N) is 1. The van der Waals surface area contributed by atoms with Gasteiger partial charge in [-0.3, -0.25) is 4.79 Å². The van der Waals surface area contributed by atoms with Crippen LogP contribution in [0.2, 0.25) is 5.02 Å². The Balaban J connectivity index is 1.55. The molecule has 0 bridgehead atoms. The highest BCUT2D eigenvalue weighted by molar-refractivity contribution is 7.99. The van der Waals surface area contributed by atoms with E-state index in [9.17, 15) is 18.0 Å². The van der Waals surface area contributed by atoms with Crippen LogP contribution < -0.4 is 16.6 Å². The maximum absolute atomic E-state index is 12.9. The van der Waals surface area contributed by atoms with E-state index in [1.165, 1.54) is 12.3 Å². The molecule has 3 rings (SSSR count). The summed E-state index contributed by atoms with van der Waals surface area (Å²) in [6.45, 7) is 1.79. The highest BCUT2D eigenvalue weighted by Gasteiger charge is 2.33. The van der Waals surface area contributed by atoms with Crippen LogP contribution in [-0.4, -0.2) is 32.7 Å². The number of aryl methyl sites for hydroxylation is 1. The van der Waals surface area contributed by atoms with E-state index in [4.69, 9.17) is 21.9 Å². The fourth-order valence-electron chi connectivity index (χ4n) is 2.28. The summed E-state index contributed by atoms with van der Waals surface area (Å²) >= 11 is 6.50. The number of alkyl halides is 3. The van der Waals surface area contributed by atoms with Crippen LogP contribution in [0.1, 0.15) is 17.1 Å². The average Bonchev–Trinajstić information content (AvgIpc) is 3.26. The van der Waals surface area contributed by atoms with Crippen molar-refractivity contribution in [2.45, 2.75) is 18.3 Å². The minimum atomic E-state index is -4.63. The zero-order chi connectivity index (χ0) is 22.6. The molecular formula is C17H15ClF3N7O2S. The van der Waals surface area contributed by atoms with Gasteiger partial charge in [0.25, 0.3) is 5.95 Å². The van der Waals surface area contributed by atoms with E-state index in [0.29, 0.717) is 5.76 Å². The lowest BCUT2D eigenvalue weighted by atomic mass is 10.2. The van der Waals surface area contributed by atoms with Gasteiger partial charge >= 0.3 is 6.18 Å². The Morgan fingerprint density at radius 3 is 2.81 bits per heavy atom. The molecule has 3 aromatic rings. The molecule has 0 unspecified atom stereocenters. The predicted molar refractivity (Wildman–Crippen MR) is 111 cm³/mol. The Morgan fingerprint density at radius 1 is 1.35 bits per heavy atom. The second-order valence-electron chi connectivity index (χ2n) is 6.02. The van der Waals surface area contributed by atoms with Crippen LogP contribution in [0.4, 0.5) is 24.8 Å². The van der Waals surface area contributed by atoms with Gasteiger partial charge in [0, 0.05) is 5.69 Å². The summed E-state index contributed by atoms with van der Waals surface area (Å²) in [6, 6.07) is 6.60. The van der Waals surface area contributed by atoms with E-state index in [1.54, 1.807) is 19.1 Å². The van der Waals surface area contributed by atoms with E-state index in [1.807, 2.05) is 0 Å². The summed E-state index contributed by atoms with van der Waals surface area (Å²) in [7, 11) is 0. The lowest BCUT2D eigenvalue weighted by molar-refractivity contribution is -0.137. The summed E-state index contributed by atoms with van der Waals surface area (Å²) in [4.78, 5) is 12.1. The topological polar surface area (TPSA) is 123 Å². The molecule has 14 heteroatoms. The maximum atomic E-state index is 12.9. The fraction of sp³-hybridized carbons (Fsp3) is 0.176. The molecule has 0 aliphatic carbocycles. The molecule has 0 fully saturated rings. The van der Waals surface area contributed by atoms with Crippen molar-refractivity contribution in [3.05, 3.63) is 52.4 Å². The Morgan fingerprint density at radius 2 is 2.13 bits per heavy atom. The molecule has 2 heterocycles. The molecule has 0 atom stereocenters. The normalized spacial score (nSPS) is 11.8. The quantitative estimate of drug-likeness (QED) is 0.207. The molecule has 0 spiro atoms. The molecule has 0 aliphatic heterocycles. The number of carbonyl (C=O) groups excluding carboxylic acids is 1. The van der Waals surface area contributed by atoms with Gasteiger partial charge in [-0.2, -0.15) is 18.3 Å². The van der Waals surface area contributed by atoms with Gasteiger partial charge in [0.15, 0.2) is 0 Å². The molecule has 31 heavy (non-hydrogen) atoms. The van der Waals surface area contributed by atoms with Crippen LogP contribution in [-0.2, 0) is 11.0 Å². The van der Waals surface area contributed by atoms with Crippen molar-refractivity contribution in [2.24, 2.45) is 5.10 Å². The van der Waals surface area contributed by atoms with Crippen LogP contribution in [0, 0.1) is 6.92 Å². The van der Waals surface area contributed by atoms with E-state index in [2.05, 4.69) is 26.0 Å². The predicted octanol–water partition coefficient (Wildman–Crippen LogP) is 3.74. The maximum Gasteiger partial charge on any atom is 0.417 e. The second-order valence-corrected chi connectivity index (χ2v) is 7.37. The van der Waals surface area contributed by atoms with Crippen molar-refractivity contribution < 1.29 is 22.4 Å². The number of hydrogen-bond acceptors (Lipinski definition) is 8. The number of anilines is 2. The van der Waals surface area contributed by atoms with Crippen LogP contribution in [0.25, 0.3) is 0 Å². The number of furan rings is 1. The molecule has 1 amide bonds. The van der Waals surface area contributed by atoms with Gasteiger partial charge in [-0.05, 0) is 37.3 Å². The standard InChI is InChI=1S/C17H15ClF3N7O2S/c1-9-2-4-11(30-9)7-23-25-15-26-27-16(28(15)22)31-8-14(29)24-10-3-5-13(18)12(6-10)17(19,20)21/h2-7H,8,22H2,1H3,(H,24,29)(H,25,26)/b23-7+. The number of nitrogen functional groups attached to an aromatic ring is 1. The Bertz CT molecular complexity index is 1110. The number of benzene rings is 1. The summed E-state index contributed by atoms with van der Waals surface area (Å²) in [6.07, 6.45) is -3.21. The van der Waals surface area contributed by atoms with E-state index in [0.717, 1.165) is 34.3 Å². The first-order valence-corrected chi connectivity index (χ1v) is 9.85. The van der Waals surface area contributed by atoms with Crippen molar-refractivity contribution in [3.63, 3.8) is 0 Å². The van der Waals surface area contributed by atoms with Crippen molar-refractivity contribution >= 4 is 47.1 Å². The average molecular weight is 474 g/mol. The van der Waals surface area contributed by atoms with Gasteiger partial charge in [0.2, 0.25) is 11.1 Å². The number of rotatable bonds is 7. The third-order valence-corrected chi connectivity index (χ3v) is 4.94. The van der Waals surface area contributed by atoms with E-state index >= 15 is 0 Å². The second kappa shape index (κ2) is 9.31. The van der Waals surface area contributed by atoms with E-state index < -0.39 is 22.7 Å². The third-order valence-electron chi connectivity index (χ3n) is 3.67. The molecule has 0 aliphatic rings. The molecule has 0 saturated carbocycles. The molecular weight excluding hydrogens is 459 g/mol. The van der Waals surface area contributed by atoms with Crippen molar-refractivity contribution in [1.82, 2.24) is 14.9 Å². The molecule has 0 radical (unpaired) electrons.